The van der Waals surface area contributed by atoms with E-state index < -0.39 is 0 Å². The molecule has 5 aromatic carbocycles. The highest BCUT2D eigenvalue weighted by Crippen LogP contribution is 2.40. The van der Waals surface area contributed by atoms with Gasteiger partial charge in [0, 0.05) is 54.6 Å². The molecule has 0 aliphatic rings. The molecule has 0 saturated heterocycles. The molecule has 0 saturated carbocycles. The van der Waals surface area contributed by atoms with Crippen molar-refractivity contribution in [3.8, 4) is 28.3 Å². The Labute approximate surface area is 245 Å². The third-order valence-electron chi connectivity index (χ3n) is 8.08. The van der Waals surface area contributed by atoms with Crippen LogP contribution in [0.5, 0.6) is 0 Å². The lowest BCUT2D eigenvalue weighted by Crippen LogP contribution is -1.97. The summed E-state index contributed by atoms with van der Waals surface area (Å²) >= 11 is 1.75. The van der Waals surface area contributed by atoms with Crippen LogP contribution in [-0.4, -0.2) is 19.5 Å². The molecule has 5 heteroatoms. The molecular formula is C37H22N4S. The van der Waals surface area contributed by atoms with Crippen molar-refractivity contribution in [1.82, 2.24) is 19.5 Å². The topological polar surface area (TPSA) is 43.6 Å². The summed E-state index contributed by atoms with van der Waals surface area (Å²) in [5, 5.41) is 6.02. The molecule has 0 atom stereocenters. The lowest BCUT2D eigenvalue weighted by atomic mass is 10.1. The van der Waals surface area contributed by atoms with E-state index in [1.807, 2.05) is 30.5 Å². The normalized spacial score (nSPS) is 11.8. The molecule has 9 aromatic rings. The zero-order valence-electron chi connectivity index (χ0n) is 22.4. The number of nitrogens with zero attached hydrogens (tertiary/aromatic N) is 4. The molecule has 4 heterocycles. The van der Waals surface area contributed by atoms with Gasteiger partial charge in [0.15, 0.2) is 5.82 Å². The van der Waals surface area contributed by atoms with E-state index in [4.69, 9.17) is 9.97 Å². The monoisotopic (exact) mass is 554 g/mol. The Balaban J connectivity index is 1.23. The molecule has 0 spiro atoms. The number of benzene rings is 5. The highest BCUT2D eigenvalue weighted by atomic mass is 32.1. The molecule has 0 amide bonds. The van der Waals surface area contributed by atoms with E-state index >= 15 is 0 Å². The molecule has 0 bridgehead atoms. The largest absolute Gasteiger partial charge is 0.309 e. The van der Waals surface area contributed by atoms with Crippen LogP contribution in [0.2, 0.25) is 0 Å². The first-order chi connectivity index (χ1) is 20.8. The first-order valence-electron chi connectivity index (χ1n) is 14.0. The zero-order chi connectivity index (χ0) is 27.6. The van der Waals surface area contributed by atoms with E-state index in [0.29, 0.717) is 0 Å². The van der Waals surface area contributed by atoms with Crippen LogP contribution >= 0.6 is 11.3 Å². The van der Waals surface area contributed by atoms with E-state index in [-0.39, 0.29) is 0 Å². The second-order valence-electron chi connectivity index (χ2n) is 10.5. The Bertz CT molecular complexity index is 2460. The van der Waals surface area contributed by atoms with E-state index in [9.17, 15) is 0 Å². The van der Waals surface area contributed by atoms with Crippen LogP contribution in [0.15, 0.2) is 134 Å². The molecule has 196 valence electrons. The Morgan fingerprint density at radius 1 is 0.524 bits per heavy atom. The van der Waals surface area contributed by atoms with Crippen LogP contribution in [-0.2, 0) is 0 Å². The molecule has 0 aliphatic carbocycles. The Morgan fingerprint density at radius 3 is 2.17 bits per heavy atom. The summed E-state index contributed by atoms with van der Waals surface area (Å²) in [6.07, 6.45) is 1.87. The molecule has 0 unspecified atom stereocenters. The van der Waals surface area contributed by atoms with Gasteiger partial charge in [0.25, 0.3) is 0 Å². The SMILES string of the molecule is c1ccc(-c2nc(-c3ccc(-n4c5ccccc5c5cc6c(cc54)sc4ncccc46)cc3)nc3ccccc23)cc1. The van der Waals surface area contributed by atoms with Crippen LogP contribution in [0, 0.1) is 0 Å². The van der Waals surface area contributed by atoms with Gasteiger partial charge in [-0.1, -0.05) is 66.7 Å². The van der Waals surface area contributed by atoms with Crippen molar-refractivity contribution in [2.75, 3.05) is 0 Å². The van der Waals surface area contributed by atoms with Crippen LogP contribution < -0.4 is 0 Å². The van der Waals surface area contributed by atoms with Gasteiger partial charge in [0.1, 0.15) is 4.83 Å². The summed E-state index contributed by atoms with van der Waals surface area (Å²) in [7, 11) is 0. The van der Waals surface area contributed by atoms with E-state index in [0.717, 1.165) is 44.1 Å². The van der Waals surface area contributed by atoms with Gasteiger partial charge in [-0.05, 0) is 60.7 Å². The maximum Gasteiger partial charge on any atom is 0.160 e. The van der Waals surface area contributed by atoms with Gasteiger partial charge < -0.3 is 4.57 Å². The zero-order valence-corrected chi connectivity index (χ0v) is 23.2. The summed E-state index contributed by atoms with van der Waals surface area (Å²) in [5.74, 6) is 0.723. The average molecular weight is 555 g/mol. The summed E-state index contributed by atoms with van der Waals surface area (Å²) in [5.41, 5.74) is 7.44. The van der Waals surface area contributed by atoms with E-state index in [1.165, 1.54) is 37.3 Å². The summed E-state index contributed by atoms with van der Waals surface area (Å²) < 4.78 is 3.61. The molecule has 0 N–H and O–H groups in total. The molecule has 0 radical (unpaired) electrons. The van der Waals surface area contributed by atoms with Gasteiger partial charge in [0.2, 0.25) is 0 Å². The Morgan fingerprint density at radius 2 is 1.29 bits per heavy atom. The fourth-order valence-electron chi connectivity index (χ4n) is 6.13. The molecule has 0 fully saturated rings. The lowest BCUT2D eigenvalue weighted by molar-refractivity contribution is 1.18. The minimum atomic E-state index is 0.723. The number of hydrogen-bond acceptors (Lipinski definition) is 4. The standard InChI is InChI=1S/C37H22N4S/c1-2-9-23(10-3-1)35-28-12-4-6-14-31(28)39-36(40-35)24-16-18-25(19-17-24)41-32-15-7-5-11-26(32)29-21-30-27-13-8-20-38-37(27)42-34(30)22-33(29)41/h1-22H. The second-order valence-corrected chi connectivity index (χ2v) is 11.5. The highest BCUT2D eigenvalue weighted by molar-refractivity contribution is 7.25. The quantitative estimate of drug-likeness (QED) is 0.218. The fourth-order valence-corrected chi connectivity index (χ4v) is 7.19. The number of aromatic nitrogens is 4. The first-order valence-corrected chi connectivity index (χ1v) is 14.8. The summed E-state index contributed by atoms with van der Waals surface area (Å²) in [4.78, 5) is 15.7. The van der Waals surface area contributed by atoms with Crippen LogP contribution in [0.4, 0.5) is 0 Å². The van der Waals surface area contributed by atoms with Crippen LogP contribution in [0.25, 0.3) is 81.3 Å². The predicted molar refractivity (Wildman–Crippen MR) is 175 cm³/mol. The molecular weight excluding hydrogens is 533 g/mol. The Hall–Kier alpha value is -5.39. The second kappa shape index (κ2) is 9.06. The summed E-state index contributed by atoms with van der Waals surface area (Å²) in [6, 6.07) is 44.7. The molecule has 0 aliphatic heterocycles. The van der Waals surface area contributed by atoms with Crippen LogP contribution in [0.1, 0.15) is 0 Å². The van der Waals surface area contributed by atoms with Gasteiger partial charge in [-0.25, -0.2) is 15.0 Å². The number of fused-ring (bicyclic) bond motifs is 7. The van der Waals surface area contributed by atoms with Crippen molar-refractivity contribution < 1.29 is 0 Å². The van der Waals surface area contributed by atoms with Gasteiger partial charge in [-0.2, -0.15) is 0 Å². The third-order valence-corrected chi connectivity index (χ3v) is 9.15. The van der Waals surface area contributed by atoms with Gasteiger partial charge in [-0.15, -0.1) is 11.3 Å². The minimum absolute atomic E-state index is 0.723. The molecule has 9 rings (SSSR count). The number of pyridine rings is 1. The van der Waals surface area contributed by atoms with Crippen LogP contribution in [0.3, 0.4) is 0 Å². The molecule has 4 aromatic heterocycles. The number of rotatable bonds is 3. The highest BCUT2D eigenvalue weighted by Gasteiger charge is 2.16. The van der Waals surface area contributed by atoms with E-state index in [1.54, 1.807) is 11.3 Å². The minimum Gasteiger partial charge on any atom is -0.309 e. The van der Waals surface area contributed by atoms with E-state index in [2.05, 4.69) is 113 Å². The number of thiophene rings is 1. The lowest BCUT2D eigenvalue weighted by Gasteiger charge is -2.11. The number of para-hydroxylation sites is 2. The maximum atomic E-state index is 5.07. The fraction of sp³-hybridized carbons (Fsp3) is 0. The van der Waals surface area contributed by atoms with Crippen molar-refractivity contribution in [2.45, 2.75) is 0 Å². The number of hydrogen-bond donors (Lipinski definition) is 0. The van der Waals surface area contributed by atoms with Gasteiger partial charge >= 0.3 is 0 Å². The van der Waals surface area contributed by atoms with Crippen molar-refractivity contribution in [1.29, 1.82) is 0 Å². The van der Waals surface area contributed by atoms with Crippen molar-refractivity contribution in [3.63, 3.8) is 0 Å². The average Bonchev–Trinajstić information content (AvgIpc) is 3.58. The van der Waals surface area contributed by atoms with Crippen molar-refractivity contribution in [3.05, 3.63) is 134 Å². The summed E-state index contributed by atoms with van der Waals surface area (Å²) in [6.45, 7) is 0. The Kier molecular flexibility index (Phi) is 5.03. The van der Waals surface area contributed by atoms with Crippen molar-refractivity contribution >= 4 is 64.3 Å². The molecule has 42 heavy (non-hydrogen) atoms. The van der Waals surface area contributed by atoms with Gasteiger partial charge in [0.05, 0.1) is 22.2 Å². The van der Waals surface area contributed by atoms with Crippen molar-refractivity contribution in [2.24, 2.45) is 0 Å². The predicted octanol–water partition coefficient (Wildman–Crippen LogP) is 9.82. The van der Waals surface area contributed by atoms with Gasteiger partial charge in [-0.3, -0.25) is 0 Å². The molecule has 4 nitrogen and oxygen atoms in total. The maximum absolute atomic E-state index is 5.07. The smallest absolute Gasteiger partial charge is 0.160 e. The first kappa shape index (κ1) is 23.3. The third kappa shape index (κ3) is 3.51.